The van der Waals surface area contributed by atoms with Crippen molar-refractivity contribution in [3.8, 4) is 11.5 Å². The Labute approximate surface area is 203 Å². The van der Waals surface area contributed by atoms with Gasteiger partial charge in [-0.05, 0) is 77.0 Å². The van der Waals surface area contributed by atoms with Crippen LogP contribution in [0.3, 0.4) is 0 Å². The van der Waals surface area contributed by atoms with Crippen LogP contribution in [0.2, 0.25) is 0 Å². The van der Waals surface area contributed by atoms with Gasteiger partial charge in [-0.15, -0.1) is 0 Å². The van der Waals surface area contributed by atoms with Crippen LogP contribution in [0, 0.1) is 3.57 Å². The molecule has 0 atom stereocenters. The maximum absolute atomic E-state index is 12.2. The van der Waals surface area contributed by atoms with E-state index in [0.29, 0.717) is 36.0 Å². The van der Waals surface area contributed by atoms with E-state index in [2.05, 4.69) is 49.0 Å². The first-order valence-electron chi connectivity index (χ1n) is 9.49. The average molecular weight is 594 g/mol. The average Bonchev–Trinajstić information content (AvgIpc) is 2.75. The first-order chi connectivity index (χ1) is 15.0. The molecule has 0 fully saturated rings. The van der Waals surface area contributed by atoms with Gasteiger partial charge in [-0.25, -0.2) is 5.43 Å². The Morgan fingerprint density at radius 1 is 1.16 bits per heavy atom. The molecular weight excluding hydrogens is 573 g/mol. The Morgan fingerprint density at radius 3 is 2.61 bits per heavy atom. The summed E-state index contributed by atoms with van der Waals surface area (Å²) in [6.07, 6.45) is 1.56. The molecule has 3 aromatic rings. The molecule has 160 valence electrons. The molecule has 0 bridgehead atoms. The quantitative estimate of drug-likeness (QED) is 0.159. The number of hydrogen-bond acceptors (Lipinski definition) is 5. The van der Waals surface area contributed by atoms with E-state index in [0.717, 1.165) is 19.2 Å². The number of ether oxygens (including phenoxy) is 2. The summed E-state index contributed by atoms with van der Waals surface area (Å²) in [5, 5.41) is 4.05. The lowest BCUT2D eigenvalue weighted by Gasteiger charge is -2.15. The zero-order chi connectivity index (χ0) is 22.2. The minimum absolute atomic E-state index is 0.372. The summed E-state index contributed by atoms with van der Waals surface area (Å²) in [5.74, 6) is 0.915. The fourth-order valence-corrected chi connectivity index (χ4v) is 3.78. The standard InChI is InChI=1S/C23H21BrIN3O3/c1-2-30-21-12-16(13-27-28-23(29)18-5-3-4-6-20(18)26)11-19(25)22(21)31-14-15-7-9-17(24)10-8-15/h3-13H,2,14,26H2,1H3,(H,28,29)/b27-13+. The molecule has 0 saturated heterocycles. The number of carbonyl (C=O) groups is 1. The molecule has 31 heavy (non-hydrogen) atoms. The summed E-state index contributed by atoms with van der Waals surface area (Å²) in [5.41, 5.74) is 10.9. The van der Waals surface area contributed by atoms with Gasteiger partial charge in [-0.1, -0.05) is 40.2 Å². The lowest BCUT2D eigenvalue weighted by Crippen LogP contribution is -2.19. The number of nitrogens with one attached hydrogen (secondary N) is 1. The molecule has 0 radical (unpaired) electrons. The lowest BCUT2D eigenvalue weighted by molar-refractivity contribution is 0.0956. The molecule has 3 aromatic carbocycles. The maximum Gasteiger partial charge on any atom is 0.273 e. The maximum atomic E-state index is 12.2. The number of hydrazone groups is 1. The number of nitrogens with two attached hydrogens (primary N) is 1. The van der Waals surface area contributed by atoms with Crippen molar-refractivity contribution in [3.05, 3.63) is 85.4 Å². The number of nitrogen functional groups attached to an aromatic ring is 1. The number of para-hydroxylation sites is 1. The van der Waals surface area contributed by atoms with Crippen molar-refractivity contribution in [2.24, 2.45) is 5.10 Å². The number of rotatable bonds is 8. The molecule has 3 N–H and O–H groups in total. The summed E-state index contributed by atoms with van der Waals surface area (Å²) in [6.45, 7) is 2.83. The van der Waals surface area contributed by atoms with Crippen molar-refractivity contribution in [1.29, 1.82) is 0 Å². The molecule has 0 unspecified atom stereocenters. The highest BCUT2D eigenvalue weighted by atomic mass is 127. The molecule has 3 rings (SSSR count). The minimum Gasteiger partial charge on any atom is -0.490 e. The molecule has 8 heteroatoms. The number of halogens is 2. The Bertz CT molecular complexity index is 1090. The van der Waals surface area contributed by atoms with Crippen LogP contribution in [-0.2, 0) is 6.61 Å². The SMILES string of the molecule is CCOc1cc(/C=N/NC(=O)c2ccccc2N)cc(I)c1OCc1ccc(Br)cc1. The molecule has 0 aliphatic heterocycles. The van der Waals surface area contributed by atoms with E-state index in [9.17, 15) is 4.79 Å². The molecular formula is C23H21BrIN3O3. The number of amides is 1. The van der Waals surface area contributed by atoms with E-state index in [1.807, 2.05) is 43.3 Å². The van der Waals surface area contributed by atoms with Crippen LogP contribution in [0.4, 0.5) is 5.69 Å². The Morgan fingerprint density at radius 2 is 1.90 bits per heavy atom. The second-order valence-electron chi connectivity index (χ2n) is 6.46. The highest BCUT2D eigenvalue weighted by molar-refractivity contribution is 14.1. The fourth-order valence-electron chi connectivity index (χ4n) is 2.73. The van der Waals surface area contributed by atoms with Crippen molar-refractivity contribution in [1.82, 2.24) is 5.43 Å². The summed E-state index contributed by atoms with van der Waals surface area (Å²) >= 11 is 5.63. The first kappa shape index (κ1) is 23.1. The van der Waals surface area contributed by atoms with E-state index in [1.165, 1.54) is 0 Å². The number of anilines is 1. The summed E-state index contributed by atoms with van der Waals surface area (Å²) in [6, 6.07) is 18.5. The van der Waals surface area contributed by atoms with E-state index < -0.39 is 0 Å². The molecule has 0 spiro atoms. The molecule has 1 amide bonds. The van der Waals surface area contributed by atoms with Crippen LogP contribution < -0.4 is 20.6 Å². The first-order valence-corrected chi connectivity index (χ1v) is 11.4. The minimum atomic E-state index is -0.372. The van der Waals surface area contributed by atoms with Crippen molar-refractivity contribution < 1.29 is 14.3 Å². The summed E-state index contributed by atoms with van der Waals surface area (Å²) in [4.78, 5) is 12.2. The number of nitrogens with zero attached hydrogens (tertiary/aromatic N) is 1. The third-order valence-corrected chi connectivity index (χ3v) is 5.54. The van der Waals surface area contributed by atoms with Gasteiger partial charge in [-0.3, -0.25) is 4.79 Å². The van der Waals surface area contributed by atoms with Gasteiger partial charge in [-0.2, -0.15) is 5.10 Å². The topological polar surface area (TPSA) is 85.9 Å². The predicted molar refractivity (Wildman–Crippen MR) is 135 cm³/mol. The monoisotopic (exact) mass is 593 g/mol. The predicted octanol–water partition coefficient (Wildman–Crippen LogP) is 5.38. The third-order valence-electron chi connectivity index (χ3n) is 4.21. The van der Waals surface area contributed by atoms with Crippen LogP contribution in [0.1, 0.15) is 28.4 Å². The molecule has 0 aliphatic carbocycles. The van der Waals surface area contributed by atoms with Crippen LogP contribution >= 0.6 is 38.5 Å². The Balaban J connectivity index is 1.73. The van der Waals surface area contributed by atoms with Gasteiger partial charge in [0.15, 0.2) is 11.5 Å². The zero-order valence-electron chi connectivity index (χ0n) is 16.8. The molecule has 0 aliphatic rings. The van der Waals surface area contributed by atoms with Gasteiger partial charge in [0.1, 0.15) is 6.61 Å². The second-order valence-corrected chi connectivity index (χ2v) is 8.54. The third kappa shape index (κ3) is 6.44. The van der Waals surface area contributed by atoms with Gasteiger partial charge < -0.3 is 15.2 Å². The molecule has 0 aromatic heterocycles. The van der Waals surface area contributed by atoms with Gasteiger partial charge in [0.05, 0.1) is 22.0 Å². The normalized spacial score (nSPS) is 10.8. The zero-order valence-corrected chi connectivity index (χ0v) is 20.5. The number of hydrogen-bond donors (Lipinski definition) is 2. The Kier molecular flexibility index (Phi) is 8.30. The van der Waals surface area contributed by atoms with Crippen LogP contribution in [-0.4, -0.2) is 18.7 Å². The summed E-state index contributed by atoms with van der Waals surface area (Å²) in [7, 11) is 0. The van der Waals surface area contributed by atoms with E-state index >= 15 is 0 Å². The van der Waals surface area contributed by atoms with Crippen LogP contribution in [0.15, 0.2) is 70.2 Å². The number of carbonyl (C=O) groups excluding carboxylic acids is 1. The van der Waals surface area contributed by atoms with Gasteiger partial charge >= 0.3 is 0 Å². The second kappa shape index (κ2) is 11.1. The summed E-state index contributed by atoms with van der Waals surface area (Å²) < 4.78 is 13.7. The van der Waals surface area contributed by atoms with Crippen molar-refractivity contribution in [2.75, 3.05) is 12.3 Å². The highest BCUT2D eigenvalue weighted by Crippen LogP contribution is 2.34. The number of benzene rings is 3. The van der Waals surface area contributed by atoms with Crippen molar-refractivity contribution >= 4 is 56.3 Å². The van der Waals surface area contributed by atoms with E-state index in [1.54, 1.807) is 30.5 Å². The lowest BCUT2D eigenvalue weighted by atomic mass is 10.2. The van der Waals surface area contributed by atoms with E-state index in [4.69, 9.17) is 15.2 Å². The van der Waals surface area contributed by atoms with Gasteiger partial charge in [0.25, 0.3) is 5.91 Å². The highest BCUT2D eigenvalue weighted by Gasteiger charge is 2.13. The smallest absolute Gasteiger partial charge is 0.273 e. The van der Waals surface area contributed by atoms with Gasteiger partial charge in [0, 0.05) is 10.2 Å². The van der Waals surface area contributed by atoms with E-state index in [-0.39, 0.29) is 5.91 Å². The molecule has 0 saturated carbocycles. The van der Waals surface area contributed by atoms with Crippen LogP contribution in [0.25, 0.3) is 0 Å². The van der Waals surface area contributed by atoms with Crippen LogP contribution in [0.5, 0.6) is 11.5 Å². The van der Waals surface area contributed by atoms with Crippen molar-refractivity contribution in [2.45, 2.75) is 13.5 Å². The largest absolute Gasteiger partial charge is 0.490 e. The van der Waals surface area contributed by atoms with Crippen molar-refractivity contribution in [3.63, 3.8) is 0 Å². The van der Waals surface area contributed by atoms with Gasteiger partial charge in [0.2, 0.25) is 0 Å². The Hall–Kier alpha value is -2.59. The fraction of sp³-hybridized carbons (Fsp3) is 0.130. The molecule has 0 heterocycles. The molecule has 6 nitrogen and oxygen atoms in total.